The number of nitrogens with one attached hydrogen (secondary N) is 1. The third kappa shape index (κ3) is 3.97. The van der Waals surface area contributed by atoms with Crippen LogP contribution in [-0.4, -0.2) is 23.2 Å². The van der Waals surface area contributed by atoms with Crippen LogP contribution in [0, 0.1) is 5.41 Å². The van der Waals surface area contributed by atoms with Gasteiger partial charge >= 0.3 is 0 Å². The second-order valence-electron chi connectivity index (χ2n) is 6.58. The minimum atomic E-state index is -0.766. The number of benzene rings is 1. The van der Waals surface area contributed by atoms with E-state index in [1.54, 1.807) is 24.3 Å². The molecule has 0 radical (unpaired) electrons. The van der Waals surface area contributed by atoms with Crippen molar-refractivity contribution in [3.63, 3.8) is 0 Å². The lowest BCUT2D eigenvalue weighted by Crippen LogP contribution is -2.46. The zero-order valence-electron chi connectivity index (χ0n) is 12.1. The van der Waals surface area contributed by atoms with E-state index in [1.807, 2.05) is 0 Å². The molecule has 0 saturated heterocycles. The summed E-state index contributed by atoms with van der Waals surface area (Å²) in [6.45, 7) is 4.75. The van der Waals surface area contributed by atoms with Crippen molar-refractivity contribution in [3.8, 4) is 0 Å². The van der Waals surface area contributed by atoms with Crippen molar-refractivity contribution in [3.05, 3.63) is 34.9 Å². The lowest BCUT2D eigenvalue weighted by molar-refractivity contribution is -0.0233. The Hall–Kier alpha value is -1.06. The molecule has 1 aromatic carbocycles. The van der Waals surface area contributed by atoms with E-state index in [2.05, 4.69) is 19.2 Å². The summed E-state index contributed by atoms with van der Waals surface area (Å²) in [4.78, 5) is 12.0. The number of amides is 1. The summed E-state index contributed by atoms with van der Waals surface area (Å²) in [6.07, 6.45) is 3.45. The number of hydrogen-bond acceptors (Lipinski definition) is 2. The van der Waals surface area contributed by atoms with Gasteiger partial charge in [-0.2, -0.15) is 0 Å². The van der Waals surface area contributed by atoms with Crippen molar-refractivity contribution in [2.45, 2.75) is 45.1 Å². The van der Waals surface area contributed by atoms with Gasteiger partial charge in [-0.15, -0.1) is 0 Å². The summed E-state index contributed by atoms with van der Waals surface area (Å²) in [5, 5.41) is 13.9. The van der Waals surface area contributed by atoms with E-state index in [-0.39, 0.29) is 5.91 Å². The molecule has 4 heteroatoms. The molecule has 2 N–H and O–H groups in total. The van der Waals surface area contributed by atoms with E-state index in [0.29, 0.717) is 22.5 Å². The van der Waals surface area contributed by atoms with E-state index >= 15 is 0 Å². The largest absolute Gasteiger partial charge is 0.388 e. The molecule has 2 rings (SSSR count). The Labute approximate surface area is 125 Å². The summed E-state index contributed by atoms with van der Waals surface area (Å²) in [5.41, 5.74) is 0.0958. The molecule has 1 aliphatic rings. The highest BCUT2D eigenvalue weighted by atomic mass is 35.5. The first-order valence-corrected chi connectivity index (χ1v) is 7.44. The van der Waals surface area contributed by atoms with Gasteiger partial charge in [0.25, 0.3) is 5.91 Å². The Morgan fingerprint density at radius 3 is 2.30 bits per heavy atom. The Bertz CT molecular complexity index is 472. The Morgan fingerprint density at radius 2 is 1.75 bits per heavy atom. The van der Waals surface area contributed by atoms with Crippen molar-refractivity contribution in [2.24, 2.45) is 5.41 Å². The maximum absolute atomic E-state index is 12.0. The first kappa shape index (κ1) is 15.3. The molecule has 1 aliphatic carbocycles. The van der Waals surface area contributed by atoms with Crippen LogP contribution >= 0.6 is 11.6 Å². The molecule has 0 unspecified atom stereocenters. The van der Waals surface area contributed by atoms with Gasteiger partial charge in [-0.05, 0) is 55.4 Å². The first-order chi connectivity index (χ1) is 9.30. The van der Waals surface area contributed by atoms with Crippen LogP contribution in [0.2, 0.25) is 5.02 Å². The van der Waals surface area contributed by atoms with Crippen LogP contribution in [0.5, 0.6) is 0 Å². The van der Waals surface area contributed by atoms with Crippen LogP contribution in [0.1, 0.15) is 49.9 Å². The van der Waals surface area contributed by atoms with Gasteiger partial charge in [-0.25, -0.2) is 0 Å². The van der Waals surface area contributed by atoms with Gasteiger partial charge in [0.2, 0.25) is 0 Å². The molecule has 3 nitrogen and oxygen atoms in total. The predicted molar refractivity (Wildman–Crippen MR) is 81.0 cm³/mol. The van der Waals surface area contributed by atoms with Crippen LogP contribution in [-0.2, 0) is 0 Å². The fourth-order valence-corrected chi connectivity index (χ4v) is 2.64. The normalized spacial score (nSPS) is 20.4. The highest BCUT2D eigenvalue weighted by molar-refractivity contribution is 6.30. The molecule has 1 amide bonds. The summed E-state index contributed by atoms with van der Waals surface area (Å²) in [7, 11) is 0. The molecule has 1 fully saturated rings. The lowest BCUT2D eigenvalue weighted by Gasteiger charge is -2.40. The molecule has 1 aromatic rings. The van der Waals surface area contributed by atoms with Crippen molar-refractivity contribution in [1.82, 2.24) is 5.32 Å². The van der Waals surface area contributed by atoms with E-state index in [9.17, 15) is 9.90 Å². The fraction of sp³-hybridized carbons (Fsp3) is 0.562. The second kappa shape index (κ2) is 5.74. The van der Waals surface area contributed by atoms with Crippen LogP contribution in [0.4, 0.5) is 0 Å². The Kier molecular flexibility index (Phi) is 4.40. The number of rotatable bonds is 3. The lowest BCUT2D eigenvalue weighted by atomic mass is 9.71. The third-order valence-electron chi connectivity index (χ3n) is 4.22. The van der Waals surface area contributed by atoms with Crippen LogP contribution in [0.15, 0.2) is 24.3 Å². The molecule has 0 heterocycles. The van der Waals surface area contributed by atoms with Gasteiger partial charge in [-0.1, -0.05) is 25.4 Å². The van der Waals surface area contributed by atoms with Gasteiger partial charge in [0.05, 0.1) is 5.60 Å². The standard InChI is InChI=1S/C16H22ClNO2/c1-15(2)7-9-16(20,10-8-15)11-18-14(19)12-3-5-13(17)6-4-12/h3-6,20H,7-11H2,1-2H3,(H,18,19). The van der Waals surface area contributed by atoms with Crippen LogP contribution in [0.25, 0.3) is 0 Å². The Morgan fingerprint density at radius 1 is 1.20 bits per heavy atom. The summed E-state index contributed by atoms with van der Waals surface area (Å²) >= 11 is 5.79. The number of carbonyl (C=O) groups excluding carboxylic acids is 1. The highest BCUT2D eigenvalue weighted by Gasteiger charge is 2.36. The number of halogens is 1. The molecule has 0 aromatic heterocycles. The quantitative estimate of drug-likeness (QED) is 0.898. The van der Waals surface area contributed by atoms with Gasteiger partial charge in [0.1, 0.15) is 0 Å². The smallest absolute Gasteiger partial charge is 0.251 e. The number of hydrogen-bond donors (Lipinski definition) is 2. The summed E-state index contributed by atoms with van der Waals surface area (Å²) in [6, 6.07) is 6.75. The zero-order valence-corrected chi connectivity index (χ0v) is 12.8. The minimum absolute atomic E-state index is 0.167. The number of carbonyl (C=O) groups is 1. The van der Waals surface area contributed by atoms with Gasteiger partial charge in [0.15, 0.2) is 0 Å². The minimum Gasteiger partial charge on any atom is -0.388 e. The molecule has 0 spiro atoms. The molecule has 110 valence electrons. The van der Waals surface area contributed by atoms with Crippen molar-refractivity contribution in [2.75, 3.05) is 6.54 Å². The van der Waals surface area contributed by atoms with Gasteiger partial charge in [-0.3, -0.25) is 4.79 Å². The topological polar surface area (TPSA) is 49.3 Å². The van der Waals surface area contributed by atoms with E-state index in [0.717, 1.165) is 25.7 Å². The molecular formula is C16H22ClNO2. The number of aliphatic hydroxyl groups is 1. The molecule has 20 heavy (non-hydrogen) atoms. The van der Waals surface area contributed by atoms with Crippen molar-refractivity contribution in [1.29, 1.82) is 0 Å². The highest BCUT2D eigenvalue weighted by Crippen LogP contribution is 2.39. The summed E-state index contributed by atoms with van der Waals surface area (Å²) in [5.74, 6) is -0.167. The van der Waals surface area contributed by atoms with E-state index < -0.39 is 5.60 Å². The van der Waals surface area contributed by atoms with E-state index in [1.165, 1.54) is 0 Å². The molecule has 0 bridgehead atoms. The first-order valence-electron chi connectivity index (χ1n) is 7.06. The average molecular weight is 296 g/mol. The van der Waals surface area contributed by atoms with Gasteiger partial charge < -0.3 is 10.4 Å². The molecule has 0 aliphatic heterocycles. The van der Waals surface area contributed by atoms with Crippen LogP contribution in [0.3, 0.4) is 0 Å². The Balaban J connectivity index is 1.89. The second-order valence-corrected chi connectivity index (χ2v) is 7.01. The maximum Gasteiger partial charge on any atom is 0.251 e. The average Bonchev–Trinajstić information content (AvgIpc) is 2.41. The summed E-state index contributed by atoms with van der Waals surface area (Å²) < 4.78 is 0. The monoisotopic (exact) mass is 295 g/mol. The zero-order chi connectivity index (χ0) is 14.8. The van der Waals surface area contributed by atoms with Crippen molar-refractivity contribution >= 4 is 17.5 Å². The predicted octanol–water partition coefficient (Wildman–Crippen LogP) is 3.40. The molecule has 0 atom stereocenters. The van der Waals surface area contributed by atoms with E-state index in [4.69, 9.17) is 11.6 Å². The van der Waals surface area contributed by atoms with Crippen LogP contribution < -0.4 is 5.32 Å². The SMILES string of the molecule is CC1(C)CCC(O)(CNC(=O)c2ccc(Cl)cc2)CC1. The van der Waals surface area contributed by atoms with Crippen molar-refractivity contribution < 1.29 is 9.90 Å². The fourth-order valence-electron chi connectivity index (χ4n) is 2.52. The van der Waals surface area contributed by atoms with Gasteiger partial charge in [0, 0.05) is 17.1 Å². The molecule has 1 saturated carbocycles. The maximum atomic E-state index is 12.0. The third-order valence-corrected chi connectivity index (χ3v) is 4.47. The molecular weight excluding hydrogens is 274 g/mol.